The zero-order valence-corrected chi connectivity index (χ0v) is 20.6. The van der Waals surface area contributed by atoms with Crippen molar-refractivity contribution in [2.45, 2.75) is 52.0 Å². The van der Waals surface area contributed by atoms with E-state index in [1.54, 1.807) is 0 Å². The van der Waals surface area contributed by atoms with Crippen LogP contribution in [0.2, 0.25) is 5.02 Å². The fourth-order valence-corrected chi connectivity index (χ4v) is 5.33. The number of rotatable bonds is 5. The van der Waals surface area contributed by atoms with Gasteiger partial charge in [0.05, 0.1) is 11.4 Å². The Bertz CT molecular complexity index is 1330. The molecule has 1 aliphatic heterocycles. The van der Waals surface area contributed by atoms with Gasteiger partial charge in [0.25, 0.3) is 0 Å². The number of hydrogen-bond acceptors (Lipinski definition) is 2. The molecule has 0 N–H and O–H groups in total. The molecule has 4 nitrogen and oxygen atoms in total. The van der Waals surface area contributed by atoms with Crippen molar-refractivity contribution >= 4 is 23.2 Å². The van der Waals surface area contributed by atoms with Crippen molar-refractivity contribution in [1.82, 2.24) is 14.3 Å². The fourth-order valence-electron chi connectivity index (χ4n) is 5.11. The smallest absolute Gasteiger partial charge is 0.223 e. The van der Waals surface area contributed by atoms with Crippen LogP contribution in [-0.2, 0) is 11.2 Å². The number of nitrogens with zero attached hydrogens (tertiary/aromatic N) is 3. The molecule has 4 aromatic rings. The van der Waals surface area contributed by atoms with Gasteiger partial charge in [0.15, 0.2) is 0 Å². The maximum atomic E-state index is 13.1. The highest BCUT2D eigenvalue weighted by Crippen LogP contribution is 2.30. The van der Waals surface area contributed by atoms with Gasteiger partial charge in [-0.2, -0.15) is 0 Å². The first-order valence-corrected chi connectivity index (χ1v) is 12.5. The Morgan fingerprint density at radius 3 is 2.65 bits per heavy atom. The maximum absolute atomic E-state index is 13.1. The largest absolute Gasteiger partial charge is 0.340 e. The average molecular weight is 472 g/mol. The van der Waals surface area contributed by atoms with E-state index in [1.165, 1.54) is 6.42 Å². The molecule has 5 rings (SSSR count). The van der Waals surface area contributed by atoms with Crippen LogP contribution in [0.1, 0.15) is 43.9 Å². The quantitative estimate of drug-likeness (QED) is 0.315. The summed E-state index contributed by atoms with van der Waals surface area (Å²) in [6, 6.07) is 20.7. The number of aryl methyl sites for hydroxylation is 2. The number of aromatic nitrogens is 2. The highest BCUT2D eigenvalue weighted by molar-refractivity contribution is 6.30. The summed E-state index contributed by atoms with van der Waals surface area (Å²) < 4.78 is 2.17. The van der Waals surface area contributed by atoms with Crippen molar-refractivity contribution in [3.05, 3.63) is 83.1 Å². The minimum absolute atomic E-state index is 0.242. The Balaban J connectivity index is 1.54. The Labute approximate surface area is 206 Å². The van der Waals surface area contributed by atoms with Gasteiger partial charge in [0.2, 0.25) is 5.91 Å². The third kappa shape index (κ3) is 4.47. The lowest BCUT2D eigenvalue weighted by Crippen LogP contribution is -2.42. The second-order valence-electron chi connectivity index (χ2n) is 9.31. The van der Waals surface area contributed by atoms with Gasteiger partial charge in [0, 0.05) is 35.8 Å². The second kappa shape index (κ2) is 9.63. The molecule has 1 atom stereocenters. The Morgan fingerprint density at radius 1 is 1.06 bits per heavy atom. The van der Waals surface area contributed by atoms with E-state index in [2.05, 4.69) is 59.7 Å². The predicted octanol–water partition coefficient (Wildman–Crippen LogP) is 6.96. The van der Waals surface area contributed by atoms with Crippen molar-refractivity contribution < 1.29 is 4.79 Å². The molecule has 174 valence electrons. The predicted molar refractivity (Wildman–Crippen MR) is 139 cm³/mol. The van der Waals surface area contributed by atoms with Gasteiger partial charge in [-0.05, 0) is 80.5 Å². The van der Waals surface area contributed by atoms with E-state index >= 15 is 0 Å². The second-order valence-corrected chi connectivity index (χ2v) is 9.75. The minimum atomic E-state index is 0.242. The third-order valence-electron chi connectivity index (χ3n) is 6.96. The normalized spacial score (nSPS) is 16.2. The molecule has 0 radical (unpaired) electrons. The van der Waals surface area contributed by atoms with E-state index in [1.807, 2.05) is 30.3 Å². The van der Waals surface area contributed by atoms with Crippen LogP contribution in [0.15, 0.2) is 66.9 Å². The molecule has 0 bridgehead atoms. The summed E-state index contributed by atoms with van der Waals surface area (Å²) in [6.07, 6.45) is 6.70. The number of benzene rings is 2. The van der Waals surface area contributed by atoms with E-state index in [-0.39, 0.29) is 5.91 Å². The van der Waals surface area contributed by atoms with Crippen molar-refractivity contribution in [1.29, 1.82) is 0 Å². The number of carbonyl (C=O) groups is 1. The monoisotopic (exact) mass is 471 g/mol. The van der Waals surface area contributed by atoms with Crippen LogP contribution in [0.4, 0.5) is 0 Å². The maximum Gasteiger partial charge on any atom is 0.223 e. The van der Waals surface area contributed by atoms with E-state index in [0.717, 1.165) is 63.7 Å². The highest BCUT2D eigenvalue weighted by atomic mass is 35.5. The molecule has 1 amide bonds. The zero-order chi connectivity index (χ0) is 23.7. The summed E-state index contributed by atoms with van der Waals surface area (Å²) in [5, 5.41) is 0.738. The lowest BCUT2D eigenvalue weighted by Gasteiger charge is -2.33. The van der Waals surface area contributed by atoms with Gasteiger partial charge in [-0.15, -0.1) is 0 Å². The number of amides is 1. The van der Waals surface area contributed by atoms with Gasteiger partial charge in [-0.3, -0.25) is 4.79 Å². The highest BCUT2D eigenvalue weighted by Gasteiger charge is 2.24. The summed E-state index contributed by atoms with van der Waals surface area (Å²) in [5.41, 5.74) is 7.37. The summed E-state index contributed by atoms with van der Waals surface area (Å²) in [7, 11) is 0. The van der Waals surface area contributed by atoms with Gasteiger partial charge < -0.3 is 9.30 Å². The van der Waals surface area contributed by atoms with Crippen LogP contribution in [-0.4, -0.2) is 32.8 Å². The molecule has 34 heavy (non-hydrogen) atoms. The zero-order valence-electron chi connectivity index (χ0n) is 19.8. The standard InChI is InChI=1S/C29H30ClN3O/c1-20-18-24(30)12-13-25(20)23-11-15-27-31-29(22-9-4-3-5-10-22)26(33(27)19-23)14-16-28(34)32-17-7-6-8-21(32)2/h3-5,9-13,15,18-19,21H,6-8,14,16-17H2,1-2H3/t21-/m1/s1. The Kier molecular flexibility index (Phi) is 6.42. The molecule has 0 spiro atoms. The third-order valence-corrected chi connectivity index (χ3v) is 7.20. The van der Waals surface area contributed by atoms with Crippen molar-refractivity contribution in [3.63, 3.8) is 0 Å². The number of imidazole rings is 1. The Morgan fingerprint density at radius 2 is 1.88 bits per heavy atom. The molecule has 1 saturated heterocycles. The Hall–Kier alpha value is -3.11. The number of pyridine rings is 1. The molecule has 0 saturated carbocycles. The van der Waals surface area contributed by atoms with E-state index in [0.29, 0.717) is 18.9 Å². The van der Waals surface area contributed by atoms with Crippen LogP contribution in [0, 0.1) is 6.92 Å². The van der Waals surface area contributed by atoms with Gasteiger partial charge in [-0.25, -0.2) is 4.98 Å². The molecule has 1 aliphatic rings. The topological polar surface area (TPSA) is 37.6 Å². The van der Waals surface area contributed by atoms with E-state index in [4.69, 9.17) is 16.6 Å². The molecule has 1 fully saturated rings. The number of halogens is 1. The van der Waals surface area contributed by atoms with E-state index < -0.39 is 0 Å². The molecule has 2 aromatic carbocycles. The summed E-state index contributed by atoms with van der Waals surface area (Å²) in [4.78, 5) is 20.2. The van der Waals surface area contributed by atoms with Crippen molar-refractivity contribution in [2.24, 2.45) is 0 Å². The van der Waals surface area contributed by atoms with Crippen molar-refractivity contribution in [2.75, 3.05) is 6.54 Å². The van der Waals surface area contributed by atoms with Gasteiger partial charge in [-0.1, -0.05) is 48.0 Å². The first-order chi connectivity index (χ1) is 16.5. The molecule has 0 unspecified atom stereocenters. The number of hydrogen-bond donors (Lipinski definition) is 0. The van der Waals surface area contributed by atoms with Crippen LogP contribution in [0.3, 0.4) is 0 Å². The molecule has 2 aromatic heterocycles. The summed E-state index contributed by atoms with van der Waals surface area (Å²) in [5.74, 6) is 0.242. The van der Waals surface area contributed by atoms with Crippen LogP contribution >= 0.6 is 11.6 Å². The number of carbonyl (C=O) groups excluding carboxylic acids is 1. The molecule has 0 aliphatic carbocycles. The average Bonchev–Trinajstić information content (AvgIpc) is 3.21. The number of piperidine rings is 1. The van der Waals surface area contributed by atoms with Gasteiger partial charge in [0.1, 0.15) is 5.65 Å². The molecule has 5 heteroatoms. The van der Waals surface area contributed by atoms with Gasteiger partial charge >= 0.3 is 0 Å². The lowest BCUT2D eigenvalue weighted by molar-refractivity contribution is -0.134. The molecule has 3 heterocycles. The number of likely N-dealkylation sites (tertiary alicyclic amines) is 1. The summed E-state index contributed by atoms with van der Waals surface area (Å²) >= 11 is 6.19. The van der Waals surface area contributed by atoms with E-state index in [9.17, 15) is 4.79 Å². The number of fused-ring (bicyclic) bond motifs is 1. The fraction of sp³-hybridized carbons (Fsp3) is 0.310. The minimum Gasteiger partial charge on any atom is -0.340 e. The van der Waals surface area contributed by atoms with Crippen LogP contribution in [0.25, 0.3) is 28.0 Å². The van der Waals surface area contributed by atoms with Crippen LogP contribution in [0.5, 0.6) is 0 Å². The van der Waals surface area contributed by atoms with Crippen molar-refractivity contribution in [3.8, 4) is 22.4 Å². The first-order valence-electron chi connectivity index (χ1n) is 12.1. The summed E-state index contributed by atoms with van der Waals surface area (Å²) in [6.45, 7) is 5.12. The molecular weight excluding hydrogens is 442 g/mol. The first kappa shape index (κ1) is 22.7. The SMILES string of the molecule is Cc1cc(Cl)ccc1-c1ccc2nc(-c3ccccc3)c(CCC(=O)N3CCCC[C@H]3C)n2c1. The molecular formula is C29H30ClN3O. The lowest BCUT2D eigenvalue weighted by atomic mass is 10.0. The van der Waals surface area contributed by atoms with Crippen LogP contribution < -0.4 is 0 Å².